The molecule has 1 aromatic heterocycles. The number of aromatic carboxylic acids is 1. The molecule has 0 amide bonds. The maximum atomic E-state index is 10.8. The first-order valence-corrected chi connectivity index (χ1v) is 4.32. The second-order valence-electron chi connectivity index (χ2n) is 3.40. The molecule has 0 atom stereocenters. The second kappa shape index (κ2) is 4.13. The first-order chi connectivity index (χ1) is 6.56. The van der Waals surface area contributed by atoms with Crippen LogP contribution in [0.2, 0.25) is 0 Å². The Kier molecular flexibility index (Phi) is 3.11. The molecular formula is C9H13NO4. The predicted molar refractivity (Wildman–Crippen MR) is 48.6 cm³/mol. The van der Waals surface area contributed by atoms with Gasteiger partial charge in [0.2, 0.25) is 0 Å². The van der Waals surface area contributed by atoms with Crippen molar-refractivity contribution >= 4 is 5.97 Å². The molecule has 5 nitrogen and oxygen atoms in total. The Morgan fingerprint density at radius 2 is 2.29 bits per heavy atom. The van der Waals surface area contributed by atoms with E-state index in [1.54, 1.807) is 0 Å². The summed E-state index contributed by atoms with van der Waals surface area (Å²) in [5.74, 6) is -0.579. The molecule has 0 aliphatic heterocycles. The topological polar surface area (TPSA) is 72.6 Å². The fraction of sp³-hybridized carbons (Fsp3) is 0.556. The minimum atomic E-state index is -1.09. The van der Waals surface area contributed by atoms with Crippen LogP contribution in [0.1, 0.15) is 29.9 Å². The molecule has 0 saturated carbocycles. The molecule has 0 unspecified atom stereocenters. The SMILES string of the molecule is COc1onc(C(=O)O)c1CC(C)C. The Morgan fingerprint density at radius 3 is 2.71 bits per heavy atom. The van der Waals surface area contributed by atoms with Crippen LogP contribution in [-0.4, -0.2) is 23.3 Å². The van der Waals surface area contributed by atoms with Crippen molar-refractivity contribution in [3.8, 4) is 5.95 Å². The predicted octanol–water partition coefficient (Wildman–Crippen LogP) is 1.58. The van der Waals surface area contributed by atoms with Crippen molar-refractivity contribution in [1.29, 1.82) is 0 Å². The van der Waals surface area contributed by atoms with Crippen LogP contribution in [0.3, 0.4) is 0 Å². The minimum absolute atomic E-state index is 0.0597. The molecule has 0 spiro atoms. The maximum absolute atomic E-state index is 10.8. The molecule has 1 aromatic rings. The third-order valence-corrected chi connectivity index (χ3v) is 1.75. The summed E-state index contributed by atoms with van der Waals surface area (Å²) in [4.78, 5) is 10.8. The number of carboxylic acids is 1. The number of hydrogen-bond donors (Lipinski definition) is 1. The van der Waals surface area contributed by atoms with E-state index in [4.69, 9.17) is 14.4 Å². The van der Waals surface area contributed by atoms with Crippen molar-refractivity contribution in [1.82, 2.24) is 5.16 Å². The van der Waals surface area contributed by atoms with Gasteiger partial charge >= 0.3 is 11.9 Å². The lowest BCUT2D eigenvalue weighted by Crippen LogP contribution is -2.04. The molecular weight excluding hydrogens is 186 g/mol. The largest absolute Gasteiger partial charge is 0.476 e. The molecule has 5 heteroatoms. The summed E-state index contributed by atoms with van der Waals surface area (Å²) in [6.07, 6.45) is 0.578. The quantitative estimate of drug-likeness (QED) is 0.796. The van der Waals surface area contributed by atoms with Crippen molar-refractivity contribution in [2.24, 2.45) is 5.92 Å². The van der Waals surface area contributed by atoms with Gasteiger partial charge in [-0.15, -0.1) is 0 Å². The van der Waals surface area contributed by atoms with Crippen LogP contribution >= 0.6 is 0 Å². The van der Waals surface area contributed by atoms with Crippen LogP contribution in [0.25, 0.3) is 0 Å². The van der Waals surface area contributed by atoms with E-state index >= 15 is 0 Å². The number of carbonyl (C=O) groups is 1. The number of methoxy groups -OCH3 is 1. The van der Waals surface area contributed by atoms with E-state index in [0.29, 0.717) is 17.9 Å². The van der Waals surface area contributed by atoms with Gasteiger partial charge in [-0.3, -0.25) is 0 Å². The number of aromatic nitrogens is 1. The van der Waals surface area contributed by atoms with E-state index in [1.807, 2.05) is 13.8 Å². The van der Waals surface area contributed by atoms with Crippen LogP contribution in [-0.2, 0) is 6.42 Å². The highest BCUT2D eigenvalue weighted by atomic mass is 16.6. The van der Waals surface area contributed by atoms with E-state index < -0.39 is 5.97 Å². The normalized spacial score (nSPS) is 10.6. The fourth-order valence-electron chi connectivity index (χ4n) is 1.21. The molecule has 1 N–H and O–H groups in total. The number of hydrogen-bond acceptors (Lipinski definition) is 4. The minimum Gasteiger partial charge on any atom is -0.476 e. The summed E-state index contributed by atoms with van der Waals surface area (Å²) >= 11 is 0. The summed E-state index contributed by atoms with van der Waals surface area (Å²) < 4.78 is 9.64. The van der Waals surface area contributed by atoms with Gasteiger partial charge < -0.3 is 14.4 Å². The molecule has 0 saturated heterocycles. The number of ether oxygens (including phenoxy) is 1. The average Bonchev–Trinajstić information content (AvgIpc) is 2.46. The Balaban J connectivity index is 3.06. The lowest BCUT2D eigenvalue weighted by atomic mass is 10.0. The smallest absolute Gasteiger partial charge is 0.358 e. The lowest BCUT2D eigenvalue weighted by Gasteiger charge is -2.03. The molecule has 0 radical (unpaired) electrons. The van der Waals surface area contributed by atoms with Crippen molar-refractivity contribution in [2.45, 2.75) is 20.3 Å². The van der Waals surface area contributed by atoms with Gasteiger partial charge in [-0.05, 0) is 12.3 Å². The second-order valence-corrected chi connectivity index (χ2v) is 3.40. The summed E-state index contributed by atoms with van der Waals surface area (Å²) in [7, 11) is 1.43. The fourth-order valence-corrected chi connectivity index (χ4v) is 1.21. The van der Waals surface area contributed by atoms with E-state index in [-0.39, 0.29) is 11.6 Å². The van der Waals surface area contributed by atoms with Gasteiger partial charge in [-0.1, -0.05) is 19.0 Å². The number of rotatable bonds is 4. The highest BCUT2D eigenvalue weighted by molar-refractivity contribution is 5.87. The van der Waals surface area contributed by atoms with Crippen LogP contribution in [0.5, 0.6) is 5.95 Å². The highest BCUT2D eigenvalue weighted by Crippen LogP contribution is 2.24. The van der Waals surface area contributed by atoms with Crippen LogP contribution in [0.15, 0.2) is 4.52 Å². The molecule has 78 valence electrons. The van der Waals surface area contributed by atoms with Gasteiger partial charge in [0.05, 0.1) is 12.7 Å². The van der Waals surface area contributed by atoms with Crippen LogP contribution in [0.4, 0.5) is 0 Å². The summed E-state index contributed by atoms with van der Waals surface area (Å²) in [5, 5.41) is 12.2. The third-order valence-electron chi connectivity index (χ3n) is 1.75. The molecule has 0 fully saturated rings. The Bertz CT molecular complexity index is 330. The summed E-state index contributed by atoms with van der Waals surface area (Å²) in [6.45, 7) is 3.97. The molecule has 14 heavy (non-hydrogen) atoms. The monoisotopic (exact) mass is 199 g/mol. The van der Waals surface area contributed by atoms with E-state index in [9.17, 15) is 4.79 Å². The first kappa shape index (κ1) is 10.6. The first-order valence-electron chi connectivity index (χ1n) is 4.32. The zero-order chi connectivity index (χ0) is 10.7. The summed E-state index contributed by atoms with van der Waals surface area (Å²) in [6, 6.07) is 0. The third kappa shape index (κ3) is 2.04. The zero-order valence-electron chi connectivity index (χ0n) is 8.40. The van der Waals surface area contributed by atoms with E-state index in [2.05, 4.69) is 5.16 Å². The van der Waals surface area contributed by atoms with Gasteiger partial charge in [0.15, 0.2) is 5.69 Å². The average molecular weight is 199 g/mol. The van der Waals surface area contributed by atoms with Gasteiger partial charge in [0.1, 0.15) is 0 Å². The molecule has 0 aromatic carbocycles. The van der Waals surface area contributed by atoms with Crippen molar-refractivity contribution in [3.05, 3.63) is 11.3 Å². The molecule has 1 rings (SSSR count). The maximum Gasteiger partial charge on any atom is 0.358 e. The van der Waals surface area contributed by atoms with Gasteiger partial charge in [-0.25, -0.2) is 4.79 Å². The Hall–Kier alpha value is -1.52. The van der Waals surface area contributed by atoms with Crippen molar-refractivity contribution in [2.75, 3.05) is 7.11 Å². The standard InChI is InChI=1S/C9H13NO4/c1-5(2)4-6-7(8(11)12)10-14-9(6)13-3/h5H,4H2,1-3H3,(H,11,12). The van der Waals surface area contributed by atoms with E-state index in [1.165, 1.54) is 7.11 Å². The van der Waals surface area contributed by atoms with Crippen molar-refractivity contribution in [3.63, 3.8) is 0 Å². The number of nitrogens with zero attached hydrogens (tertiary/aromatic N) is 1. The highest BCUT2D eigenvalue weighted by Gasteiger charge is 2.22. The Labute approximate surface area is 81.7 Å². The van der Waals surface area contributed by atoms with Gasteiger partial charge in [-0.2, -0.15) is 0 Å². The van der Waals surface area contributed by atoms with Crippen LogP contribution < -0.4 is 4.74 Å². The molecule has 0 bridgehead atoms. The molecule has 1 heterocycles. The molecule has 0 aliphatic rings. The van der Waals surface area contributed by atoms with E-state index in [0.717, 1.165) is 0 Å². The van der Waals surface area contributed by atoms with Crippen LogP contribution in [0, 0.1) is 5.92 Å². The molecule has 0 aliphatic carbocycles. The summed E-state index contributed by atoms with van der Waals surface area (Å²) in [5.41, 5.74) is 0.463. The lowest BCUT2D eigenvalue weighted by molar-refractivity contribution is 0.0684. The zero-order valence-corrected chi connectivity index (χ0v) is 8.40. The Morgan fingerprint density at radius 1 is 1.64 bits per heavy atom. The van der Waals surface area contributed by atoms with Gasteiger partial charge in [0, 0.05) is 0 Å². The van der Waals surface area contributed by atoms with Gasteiger partial charge in [0.25, 0.3) is 0 Å². The van der Waals surface area contributed by atoms with Crippen molar-refractivity contribution < 1.29 is 19.2 Å². The number of carboxylic acid groups (broad SMARTS) is 1.